The number of nitrogens with zero attached hydrogens (tertiary/aromatic N) is 1. The van der Waals surface area contributed by atoms with E-state index in [0.717, 1.165) is 25.7 Å². The lowest BCUT2D eigenvalue weighted by Gasteiger charge is -2.20. The largest absolute Gasteiger partial charge is 0.301 e. The highest BCUT2D eigenvalue weighted by Crippen LogP contribution is 2.22. The van der Waals surface area contributed by atoms with Crippen LogP contribution in [0.15, 0.2) is 22.7 Å². The second-order valence-electron chi connectivity index (χ2n) is 4.55. The average Bonchev–Trinajstić information content (AvgIpc) is 2.63. The van der Waals surface area contributed by atoms with E-state index in [4.69, 9.17) is 0 Å². The molecule has 0 radical (unpaired) electrons. The number of hydrogen-bond acceptors (Lipinski definition) is 2. The van der Waals surface area contributed by atoms with Crippen LogP contribution in [0.2, 0.25) is 0 Å². The van der Waals surface area contributed by atoms with Crippen molar-refractivity contribution in [2.45, 2.75) is 25.7 Å². The first-order chi connectivity index (χ1) is 8.99. The molecule has 0 saturated carbocycles. The molecule has 1 aromatic rings. The number of nitrogens with one attached hydrogen (secondary N) is 1. The molecule has 2 rings (SSSR count). The molecular weight excluding hydrogens is 335 g/mol. The van der Waals surface area contributed by atoms with E-state index >= 15 is 0 Å². The first-order valence-corrected chi connectivity index (χ1v) is 8.45. The fourth-order valence-corrected chi connectivity index (χ4v) is 3.73. The van der Waals surface area contributed by atoms with Crippen molar-refractivity contribution in [2.24, 2.45) is 0 Å². The van der Waals surface area contributed by atoms with E-state index in [1.165, 1.54) is 22.5 Å². The Labute approximate surface area is 121 Å². The van der Waals surface area contributed by atoms with Crippen LogP contribution in [0, 0.1) is 5.82 Å². The summed E-state index contributed by atoms with van der Waals surface area (Å²) < 4.78 is 41.7. The van der Waals surface area contributed by atoms with Gasteiger partial charge in [-0.1, -0.05) is 12.8 Å². The van der Waals surface area contributed by atoms with Crippen LogP contribution in [0.5, 0.6) is 0 Å². The molecule has 1 aromatic carbocycles. The molecule has 0 unspecified atom stereocenters. The predicted molar refractivity (Wildman–Crippen MR) is 76.7 cm³/mol. The Hall–Kier alpha value is -0.660. The van der Waals surface area contributed by atoms with Gasteiger partial charge in [-0.2, -0.15) is 12.7 Å². The van der Waals surface area contributed by atoms with Crippen molar-refractivity contribution >= 4 is 31.8 Å². The highest BCUT2D eigenvalue weighted by Gasteiger charge is 2.22. The van der Waals surface area contributed by atoms with Crippen LogP contribution in [0.1, 0.15) is 25.7 Å². The summed E-state index contributed by atoms with van der Waals surface area (Å²) >= 11 is 3.04. The standard InChI is InChI=1S/C12H16BrFN2O2S/c13-11-9-10(5-6-12(11)14)15-19(17,18)16-7-3-1-2-4-8-16/h5-6,9,15H,1-4,7-8H2. The molecule has 0 spiro atoms. The SMILES string of the molecule is O=S(=O)(Nc1ccc(F)c(Br)c1)N1CCCCCC1. The molecule has 7 heteroatoms. The zero-order valence-electron chi connectivity index (χ0n) is 10.4. The molecule has 1 saturated heterocycles. The first kappa shape index (κ1) is 14.7. The van der Waals surface area contributed by atoms with Crippen molar-refractivity contribution in [3.05, 3.63) is 28.5 Å². The fraction of sp³-hybridized carbons (Fsp3) is 0.500. The van der Waals surface area contributed by atoms with Gasteiger partial charge in [0.1, 0.15) is 5.82 Å². The maximum atomic E-state index is 13.1. The lowest BCUT2D eigenvalue weighted by molar-refractivity contribution is 0.427. The van der Waals surface area contributed by atoms with Crippen LogP contribution in [0.4, 0.5) is 10.1 Å². The third kappa shape index (κ3) is 3.90. The van der Waals surface area contributed by atoms with Crippen molar-refractivity contribution < 1.29 is 12.8 Å². The number of hydrogen-bond donors (Lipinski definition) is 1. The van der Waals surface area contributed by atoms with Gasteiger partial charge in [-0.3, -0.25) is 4.72 Å². The minimum atomic E-state index is -3.55. The maximum Gasteiger partial charge on any atom is 0.301 e. The third-order valence-electron chi connectivity index (χ3n) is 3.07. The van der Waals surface area contributed by atoms with Crippen molar-refractivity contribution in [3.8, 4) is 0 Å². The second-order valence-corrected chi connectivity index (χ2v) is 7.07. The zero-order chi connectivity index (χ0) is 13.9. The van der Waals surface area contributed by atoms with E-state index in [1.807, 2.05) is 0 Å². The second kappa shape index (κ2) is 6.19. The molecule has 4 nitrogen and oxygen atoms in total. The molecule has 1 aliphatic heterocycles. The van der Waals surface area contributed by atoms with Crippen molar-refractivity contribution in [3.63, 3.8) is 0 Å². The van der Waals surface area contributed by atoms with E-state index in [1.54, 1.807) is 0 Å². The highest BCUT2D eigenvalue weighted by atomic mass is 79.9. The molecule has 0 amide bonds. The van der Waals surface area contributed by atoms with Crippen LogP contribution in [-0.2, 0) is 10.2 Å². The zero-order valence-corrected chi connectivity index (χ0v) is 12.8. The van der Waals surface area contributed by atoms with Crippen molar-refractivity contribution in [1.29, 1.82) is 0 Å². The van der Waals surface area contributed by atoms with E-state index in [-0.39, 0.29) is 4.47 Å². The van der Waals surface area contributed by atoms with Crippen LogP contribution in [0.25, 0.3) is 0 Å². The molecule has 1 fully saturated rings. The van der Waals surface area contributed by atoms with Gasteiger partial charge < -0.3 is 0 Å². The van der Waals surface area contributed by atoms with Gasteiger partial charge in [-0.15, -0.1) is 0 Å². The monoisotopic (exact) mass is 350 g/mol. The molecule has 1 aliphatic rings. The van der Waals surface area contributed by atoms with Gasteiger partial charge in [-0.05, 0) is 47.0 Å². The van der Waals surface area contributed by atoms with E-state index in [0.29, 0.717) is 18.8 Å². The van der Waals surface area contributed by atoms with E-state index < -0.39 is 16.0 Å². The molecule has 1 heterocycles. The summed E-state index contributed by atoms with van der Waals surface area (Å²) in [6.07, 6.45) is 3.89. The molecule has 106 valence electrons. The van der Waals surface area contributed by atoms with Gasteiger partial charge in [0.25, 0.3) is 0 Å². The molecular formula is C12H16BrFN2O2S. The Morgan fingerprint density at radius 2 is 1.79 bits per heavy atom. The molecule has 0 aliphatic carbocycles. The molecule has 19 heavy (non-hydrogen) atoms. The molecule has 0 bridgehead atoms. The normalized spacial score (nSPS) is 18.0. The average molecular weight is 351 g/mol. The number of rotatable bonds is 3. The summed E-state index contributed by atoms with van der Waals surface area (Å²) in [7, 11) is -3.55. The fourth-order valence-electron chi connectivity index (χ4n) is 2.06. The summed E-state index contributed by atoms with van der Waals surface area (Å²) in [6, 6.07) is 4.06. The summed E-state index contributed by atoms with van der Waals surface area (Å²) in [5.74, 6) is -0.419. The molecule has 0 atom stereocenters. The smallest absolute Gasteiger partial charge is 0.271 e. The number of anilines is 1. The Balaban J connectivity index is 2.13. The van der Waals surface area contributed by atoms with Gasteiger partial charge in [0.2, 0.25) is 0 Å². The topological polar surface area (TPSA) is 49.4 Å². The lowest BCUT2D eigenvalue weighted by atomic mass is 10.2. The van der Waals surface area contributed by atoms with E-state index in [9.17, 15) is 12.8 Å². The summed E-state index contributed by atoms with van der Waals surface area (Å²) in [5.41, 5.74) is 0.359. The van der Waals surface area contributed by atoms with Crippen LogP contribution >= 0.6 is 15.9 Å². The maximum absolute atomic E-state index is 13.1. The predicted octanol–water partition coefficient (Wildman–Crippen LogP) is 3.12. The highest BCUT2D eigenvalue weighted by molar-refractivity contribution is 9.10. The van der Waals surface area contributed by atoms with Crippen LogP contribution in [0.3, 0.4) is 0 Å². The minimum absolute atomic E-state index is 0.239. The number of benzene rings is 1. The Kier molecular flexibility index (Phi) is 4.81. The summed E-state index contributed by atoms with van der Waals surface area (Å²) in [4.78, 5) is 0. The quantitative estimate of drug-likeness (QED) is 0.910. The Morgan fingerprint density at radius 3 is 2.37 bits per heavy atom. The first-order valence-electron chi connectivity index (χ1n) is 6.22. The molecule has 1 N–H and O–H groups in total. The molecule has 0 aromatic heterocycles. The Morgan fingerprint density at radius 1 is 1.16 bits per heavy atom. The van der Waals surface area contributed by atoms with E-state index in [2.05, 4.69) is 20.7 Å². The third-order valence-corrected chi connectivity index (χ3v) is 5.22. The van der Waals surface area contributed by atoms with Crippen LogP contribution in [-0.4, -0.2) is 25.8 Å². The lowest BCUT2D eigenvalue weighted by Crippen LogP contribution is -2.36. The number of halogens is 2. The van der Waals surface area contributed by atoms with Crippen LogP contribution < -0.4 is 4.72 Å². The van der Waals surface area contributed by atoms with Gasteiger partial charge in [-0.25, -0.2) is 4.39 Å². The summed E-state index contributed by atoms with van der Waals surface area (Å²) in [6.45, 7) is 1.08. The van der Waals surface area contributed by atoms with Gasteiger partial charge >= 0.3 is 10.2 Å². The minimum Gasteiger partial charge on any atom is -0.271 e. The van der Waals surface area contributed by atoms with Crippen molar-refractivity contribution in [1.82, 2.24) is 4.31 Å². The van der Waals surface area contributed by atoms with Gasteiger partial charge in [0.15, 0.2) is 0 Å². The van der Waals surface area contributed by atoms with Crippen molar-refractivity contribution in [2.75, 3.05) is 17.8 Å². The Bertz CT molecular complexity index is 543. The van der Waals surface area contributed by atoms with Gasteiger partial charge in [0, 0.05) is 13.1 Å². The summed E-state index contributed by atoms with van der Waals surface area (Å²) in [5, 5.41) is 0. The van der Waals surface area contributed by atoms with Gasteiger partial charge in [0.05, 0.1) is 10.2 Å².